The zero-order valence-electron chi connectivity index (χ0n) is 18.2. The highest BCUT2D eigenvalue weighted by Crippen LogP contribution is 2.28. The van der Waals surface area contributed by atoms with Gasteiger partial charge < -0.3 is 20.1 Å². The highest BCUT2D eigenvalue weighted by molar-refractivity contribution is 7.80. The van der Waals surface area contributed by atoms with Gasteiger partial charge in [-0.25, -0.2) is 0 Å². The van der Waals surface area contributed by atoms with E-state index in [4.69, 9.17) is 23.8 Å². The van der Waals surface area contributed by atoms with Crippen molar-refractivity contribution in [2.75, 3.05) is 38.0 Å². The molecule has 2 N–H and O–H groups in total. The van der Waals surface area contributed by atoms with Gasteiger partial charge in [0.2, 0.25) is 0 Å². The summed E-state index contributed by atoms with van der Waals surface area (Å²) >= 11 is 11.6. The van der Waals surface area contributed by atoms with Gasteiger partial charge in [-0.05, 0) is 104 Å². The number of hydrogen-bond acceptors (Lipinski definition) is 2. The van der Waals surface area contributed by atoms with Crippen molar-refractivity contribution in [2.45, 2.75) is 25.7 Å². The van der Waals surface area contributed by atoms with Gasteiger partial charge in [-0.3, -0.25) is 0 Å². The first-order valence-corrected chi connectivity index (χ1v) is 12.3. The second kappa shape index (κ2) is 9.65. The van der Waals surface area contributed by atoms with Gasteiger partial charge in [0, 0.05) is 47.4 Å². The van der Waals surface area contributed by atoms with Gasteiger partial charge >= 0.3 is 0 Å². The molecule has 0 spiro atoms. The van der Waals surface area contributed by atoms with Gasteiger partial charge in [-0.1, -0.05) is 23.7 Å². The second-order valence-electron chi connectivity index (χ2n) is 8.74. The molecule has 6 heteroatoms. The smallest absolute Gasteiger partial charge is 0.173 e. The molecule has 1 fully saturated rings. The lowest BCUT2D eigenvalue weighted by atomic mass is 9.97. The largest absolute Gasteiger partial charge is 0.361 e. The Bertz CT molecular complexity index is 1130. The van der Waals surface area contributed by atoms with Crippen molar-refractivity contribution >= 4 is 51.1 Å². The highest BCUT2D eigenvalue weighted by atomic mass is 35.5. The Morgan fingerprint density at radius 3 is 2.62 bits per heavy atom. The average molecular weight is 465 g/mol. The average Bonchev–Trinajstić information content (AvgIpc) is 3.49. The summed E-state index contributed by atoms with van der Waals surface area (Å²) in [5.41, 5.74) is 6.37. The molecule has 2 aromatic carbocycles. The first-order chi connectivity index (χ1) is 15.7. The normalized spacial score (nSPS) is 17.0. The number of hydrogen-bond donors (Lipinski definition) is 2. The monoisotopic (exact) mass is 464 g/mol. The molecule has 166 valence electrons. The Labute approximate surface area is 200 Å². The maximum Gasteiger partial charge on any atom is 0.173 e. The number of anilines is 1. The van der Waals surface area contributed by atoms with Crippen LogP contribution in [-0.4, -0.2) is 52.6 Å². The van der Waals surface area contributed by atoms with E-state index in [1.165, 1.54) is 53.5 Å². The lowest BCUT2D eigenvalue weighted by Gasteiger charge is -2.29. The zero-order valence-corrected chi connectivity index (χ0v) is 19.8. The standard InChI is InChI=1S/C26H29ClN4S/c27-22-4-6-23(7-5-22)29-26(32)31-15-10-19(11-16-31)20-3-8-25-24(17-20)21(18-28-25)9-14-30-12-1-2-13-30/h3-8,10,17-18,28H,1-2,9,11-16H2,(H,29,32). The third-order valence-corrected chi connectivity index (χ3v) is 7.24. The van der Waals surface area contributed by atoms with Gasteiger partial charge in [-0.15, -0.1) is 0 Å². The molecule has 0 amide bonds. The van der Waals surface area contributed by atoms with Crippen molar-refractivity contribution in [3.8, 4) is 0 Å². The minimum atomic E-state index is 0.727. The molecule has 3 aromatic rings. The molecule has 0 unspecified atom stereocenters. The molecule has 5 rings (SSSR count). The van der Waals surface area contributed by atoms with Crippen LogP contribution in [0.15, 0.2) is 54.7 Å². The van der Waals surface area contributed by atoms with Gasteiger partial charge in [0.15, 0.2) is 5.11 Å². The van der Waals surface area contributed by atoms with Crippen LogP contribution in [0.5, 0.6) is 0 Å². The third-order valence-electron chi connectivity index (χ3n) is 6.63. The minimum absolute atomic E-state index is 0.727. The summed E-state index contributed by atoms with van der Waals surface area (Å²) in [4.78, 5) is 8.26. The summed E-state index contributed by atoms with van der Waals surface area (Å²) in [5, 5.41) is 6.17. The number of halogens is 1. The van der Waals surface area contributed by atoms with E-state index in [1.807, 2.05) is 24.3 Å². The summed E-state index contributed by atoms with van der Waals surface area (Å²) in [6, 6.07) is 14.5. The number of likely N-dealkylation sites (tertiary alicyclic amines) is 1. The van der Waals surface area contributed by atoms with E-state index in [-0.39, 0.29) is 0 Å². The molecule has 1 saturated heterocycles. The summed E-state index contributed by atoms with van der Waals surface area (Å²) in [5.74, 6) is 0. The number of aromatic amines is 1. The van der Waals surface area contributed by atoms with E-state index in [0.29, 0.717) is 0 Å². The number of rotatable bonds is 5. The first-order valence-electron chi connectivity index (χ1n) is 11.5. The molecule has 1 aromatic heterocycles. The van der Waals surface area contributed by atoms with Crippen molar-refractivity contribution in [1.82, 2.24) is 14.8 Å². The number of thiocarbonyl (C=S) groups is 1. The highest BCUT2D eigenvalue weighted by Gasteiger charge is 2.17. The summed E-state index contributed by atoms with van der Waals surface area (Å²) in [6.45, 7) is 5.41. The number of H-pyrrole nitrogens is 1. The van der Waals surface area contributed by atoms with Gasteiger partial charge in [0.05, 0.1) is 0 Å². The van der Waals surface area contributed by atoms with Crippen LogP contribution in [-0.2, 0) is 6.42 Å². The van der Waals surface area contributed by atoms with E-state index >= 15 is 0 Å². The molecule has 4 nitrogen and oxygen atoms in total. The van der Waals surface area contributed by atoms with Crippen LogP contribution in [0, 0.1) is 0 Å². The predicted molar refractivity (Wildman–Crippen MR) is 140 cm³/mol. The van der Waals surface area contributed by atoms with Gasteiger partial charge in [0.1, 0.15) is 0 Å². The van der Waals surface area contributed by atoms with Crippen LogP contribution in [0.1, 0.15) is 30.4 Å². The van der Waals surface area contributed by atoms with E-state index < -0.39 is 0 Å². The summed E-state index contributed by atoms with van der Waals surface area (Å²) < 4.78 is 0. The predicted octanol–water partition coefficient (Wildman–Crippen LogP) is 5.95. The molecular formula is C26H29ClN4S. The van der Waals surface area contributed by atoms with Gasteiger partial charge in [0.25, 0.3) is 0 Å². The Hall–Kier alpha value is -2.34. The topological polar surface area (TPSA) is 34.3 Å². The van der Waals surface area contributed by atoms with Crippen molar-refractivity contribution in [1.29, 1.82) is 0 Å². The molecule has 0 bridgehead atoms. The minimum Gasteiger partial charge on any atom is -0.361 e. The number of fused-ring (bicyclic) bond motifs is 1. The molecule has 0 aliphatic carbocycles. The van der Waals surface area contributed by atoms with Crippen LogP contribution >= 0.6 is 23.8 Å². The van der Waals surface area contributed by atoms with Crippen LogP contribution in [0.25, 0.3) is 16.5 Å². The van der Waals surface area contributed by atoms with Crippen LogP contribution in [0.2, 0.25) is 5.02 Å². The fraction of sp³-hybridized carbons (Fsp3) is 0.346. The quantitative estimate of drug-likeness (QED) is 0.457. The number of nitrogens with zero attached hydrogens (tertiary/aromatic N) is 2. The molecule has 0 saturated carbocycles. The van der Waals surface area contributed by atoms with Crippen molar-refractivity contribution in [3.05, 3.63) is 70.9 Å². The molecule has 0 atom stereocenters. The van der Waals surface area contributed by atoms with E-state index in [2.05, 4.69) is 50.6 Å². The maximum atomic E-state index is 5.97. The van der Waals surface area contributed by atoms with E-state index in [9.17, 15) is 0 Å². The van der Waals surface area contributed by atoms with Crippen LogP contribution < -0.4 is 5.32 Å². The second-order valence-corrected chi connectivity index (χ2v) is 9.56. The van der Waals surface area contributed by atoms with Crippen LogP contribution in [0.3, 0.4) is 0 Å². The zero-order chi connectivity index (χ0) is 21.9. The van der Waals surface area contributed by atoms with Crippen LogP contribution in [0.4, 0.5) is 5.69 Å². The molecule has 0 radical (unpaired) electrons. The molecular weight excluding hydrogens is 436 g/mol. The van der Waals surface area contributed by atoms with Crippen molar-refractivity contribution in [3.63, 3.8) is 0 Å². The lowest BCUT2D eigenvalue weighted by molar-refractivity contribution is 0.344. The SMILES string of the molecule is S=C(Nc1ccc(Cl)cc1)N1CC=C(c2ccc3[nH]cc(CCN4CCCC4)c3c2)CC1. The first kappa shape index (κ1) is 21.5. The van der Waals surface area contributed by atoms with Crippen molar-refractivity contribution in [2.24, 2.45) is 0 Å². The fourth-order valence-corrected chi connectivity index (χ4v) is 5.13. The molecule has 3 heterocycles. The Morgan fingerprint density at radius 1 is 1.06 bits per heavy atom. The summed E-state index contributed by atoms with van der Waals surface area (Å²) in [7, 11) is 0. The maximum absolute atomic E-state index is 5.97. The van der Waals surface area contributed by atoms with E-state index in [0.717, 1.165) is 48.3 Å². The van der Waals surface area contributed by atoms with E-state index in [1.54, 1.807) is 0 Å². The molecule has 2 aliphatic heterocycles. The third kappa shape index (κ3) is 4.85. The number of aromatic nitrogens is 1. The molecule has 32 heavy (non-hydrogen) atoms. The van der Waals surface area contributed by atoms with Gasteiger partial charge in [-0.2, -0.15) is 0 Å². The lowest BCUT2D eigenvalue weighted by Crippen LogP contribution is -2.37. The number of benzene rings is 2. The Morgan fingerprint density at radius 2 is 1.88 bits per heavy atom. The fourth-order valence-electron chi connectivity index (χ4n) is 4.72. The number of nitrogens with one attached hydrogen (secondary N) is 2. The summed E-state index contributed by atoms with van der Waals surface area (Å²) in [6.07, 6.45) is 9.31. The van der Waals surface area contributed by atoms with Crippen molar-refractivity contribution < 1.29 is 0 Å². The molecule has 2 aliphatic rings. The Kier molecular flexibility index (Phi) is 6.49. The Balaban J connectivity index is 1.25.